The van der Waals surface area contributed by atoms with E-state index in [1.165, 1.54) is 0 Å². The molecule has 1 amide bonds. The fourth-order valence-corrected chi connectivity index (χ4v) is 1.57. The van der Waals surface area contributed by atoms with Crippen LogP contribution in [-0.2, 0) is 4.79 Å². The zero-order valence-electron chi connectivity index (χ0n) is 9.17. The van der Waals surface area contributed by atoms with Gasteiger partial charge in [-0.1, -0.05) is 46.9 Å². The number of anilines is 1. The number of nitrogens with zero attached hydrogens (tertiary/aromatic N) is 2. The Morgan fingerprint density at radius 3 is 2.41 bits per heavy atom. The third kappa shape index (κ3) is 3.04. The summed E-state index contributed by atoms with van der Waals surface area (Å²) in [5, 5.41) is 9.01. The standard InChI is InChI=1S/C11H9Cl3N2O/c1-7-4-3-5-9(8(7)2)16(6-15)10(17)11(12,13)14/h3-5H,1-2H3. The summed E-state index contributed by atoms with van der Waals surface area (Å²) in [6, 6.07) is 5.22. The lowest BCUT2D eigenvalue weighted by Crippen LogP contribution is -2.36. The van der Waals surface area contributed by atoms with Gasteiger partial charge in [0.25, 0.3) is 9.70 Å². The Morgan fingerprint density at radius 2 is 1.94 bits per heavy atom. The second-order valence-electron chi connectivity index (χ2n) is 3.46. The van der Waals surface area contributed by atoms with Crippen LogP contribution in [0.4, 0.5) is 5.69 Å². The van der Waals surface area contributed by atoms with E-state index in [1.54, 1.807) is 25.2 Å². The fourth-order valence-electron chi connectivity index (χ4n) is 1.31. The van der Waals surface area contributed by atoms with Crippen molar-refractivity contribution in [2.75, 3.05) is 4.90 Å². The molecule has 17 heavy (non-hydrogen) atoms. The Balaban J connectivity index is 3.26. The van der Waals surface area contributed by atoms with Gasteiger partial charge in [0.2, 0.25) is 0 Å². The van der Waals surface area contributed by atoms with Crippen molar-refractivity contribution >= 4 is 46.4 Å². The summed E-state index contributed by atoms with van der Waals surface area (Å²) in [6.07, 6.45) is 1.72. The summed E-state index contributed by atoms with van der Waals surface area (Å²) in [7, 11) is 0. The highest BCUT2D eigenvalue weighted by Gasteiger charge is 2.36. The Hall–Kier alpha value is -0.950. The molecular weight excluding hydrogens is 282 g/mol. The van der Waals surface area contributed by atoms with E-state index in [-0.39, 0.29) is 0 Å². The average molecular weight is 292 g/mol. The molecule has 0 heterocycles. The van der Waals surface area contributed by atoms with Crippen molar-refractivity contribution in [2.24, 2.45) is 0 Å². The van der Waals surface area contributed by atoms with Crippen LogP contribution in [0.2, 0.25) is 0 Å². The first kappa shape index (κ1) is 14.1. The second kappa shape index (κ2) is 5.14. The minimum Gasteiger partial charge on any atom is -0.268 e. The molecule has 6 heteroatoms. The molecule has 0 aromatic heterocycles. The van der Waals surface area contributed by atoms with Gasteiger partial charge in [-0.25, -0.2) is 4.90 Å². The second-order valence-corrected chi connectivity index (χ2v) is 5.74. The lowest BCUT2D eigenvalue weighted by atomic mass is 10.1. The number of halogens is 3. The lowest BCUT2D eigenvalue weighted by Gasteiger charge is -2.20. The van der Waals surface area contributed by atoms with Gasteiger partial charge in [0.15, 0.2) is 6.19 Å². The molecule has 1 aromatic carbocycles. The van der Waals surface area contributed by atoms with E-state index < -0.39 is 9.70 Å². The largest absolute Gasteiger partial charge is 0.292 e. The van der Waals surface area contributed by atoms with Gasteiger partial charge in [-0.05, 0) is 31.0 Å². The maximum absolute atomic E-state index is 11.8. The highest BCUT2D eigenvalue weighted by molar-refractivity contribution is 6.77. The van der Waals surface area contributed by atoms with Crippen LogP contribution in [0.3, 0.4) is 0 Å². The molecule has 0 radical (unpaired) electrons. The summed E-state index contributed by atoms with van der Waals surface area (Å²) in [5.41, 5.74) is 2.15. The lowest BCUT2D eigenvalue weighted by molar-refractivity contribution is -0.117. The number of nitriles is 1. The van der Waals surface area contributed by atoms with E-state index in [4.69, 9.17) is 40.1 Å². The molecule has 1 rings (SSSR count). The van der Waals surface area contributed by atoms with Gasteiger partial charge in [-0.3, -0.25) is 4.79 Å². The van der Waals surface area contributed by atoms with Crippen LogP contribution in [0.1, 0.15) is 11.1 Å². The first-order chi connectivity index (χ1) is 7.79. The highest BCUT2D eigenvalue weighted by Crippen LogP contribution is 2.32. The molecule has 0 aliphatic carbocycles. The molecule has 0 atom stereocenters. The van der Waals surface area contributed by atoms with Gasteiger partial charge in [0.1, 0.15) is 0 Å². The molecule has 0 aliphatic rings. The van der Waals surface area contributed by atoms with Crippen LogP contribution in [0, 0.1) is 25.3 Å². The SMILES string of the molecule is Cc1cccc(N(C#N)C(=O)C(Cl)(Cl)Cl)c1C. The number of alkyl halides is 3. The molecule has 90 valence electrons. The number of rotatable bonds is 1. The minimum atomic E-state index is -2.15. The van der Waals surface area contributed by atoms with Crippen molar-refractivity contribution in [1.29, 1.82) is 5.26 Å². The monoisotopic (exact) mass is 290 g/mol. The summed E-state index contributed by atoms with van der Waals surface area (Å²) < 4.78 is -2.15. The van der Waals surface area contributed by atoms with Crippen molar-refractivity contribution < 1.29 is 4.79 Å². The zero-order valence-corrected chi connectivity index (χ0v) is 11.4. The number of hydrogen-bond acceptors (Lipinski definition) is 2. The Bertz CT molecular complexity index is 488. The van der Waals surface area contributed by atoms with Crippen LogP contribution in [0.25, 0.3) is 0 Å². The van der Waals surface area contributed by atoms with E-state index in [0.29, 0.717) is 5.69 Å². The molecule has 0 bridgehead atoms. The molecule has 0 spiro atoms. The van der Waals surface area contributed by atoms with Gasteiger partial charge in [0, 0.05) is 0 Å². The number of carbonyl (C=O) groups excluding carboxylic acids is 1. The van der Waals surface area contributed by atoms with Crippen molar-refractivity contribution in [1.82, 2.24) is 0 Å². The van der Waals surface area contributed by atoms with Crippen LogP contribution in [0.15, 0.2) is 18.2 Å². The zero-order chi connectivity index (χ0) is 13.2. The fraction of sp³-hybridized carbons (Fsp3) is 0.273. The first-order valence-corrected chi connectivity index (χ1v) is 5.79. The Labute approximate surface area is 114 Å². The first-order valence-electron chi connectivity index (χ1n) is 4.66. The van der Waals surface area contributed by atoms with Gasteiger partial charge >= 0.3 is 0 Å². The number of aryl methyl sites for hydroxylation is 1. The van der Waals surface area contributed by atoms with Crippen molar-refractivity contribution in [3.8, 4) is 6.19 Å². The van der Waals surface area contributed by atoms with Gasteiger partial charge < -0.3 is 0 Å². The predicted octanol–water partition coefficient (Wildman–Crippen LogP) is 3.49. The number of carbonyl (C=O) groups is 1. The van der Waals surface area contributed by atoms with Crippen molar-refractivity contribution in [3.63, 3.8) is 0 Å². The molecule has 0 saturated heterocycles. The summed E-state index contributed by atoms with van der Waals surface area (Å²) in [4.78, 5) is 12.6. The van der Waals surface area contributed by atoms with Crippen LogP contribution in [-0.4, -0.2) is 9.70 Å². The van der Waals surface area contributed by atoms with E-state index in [9.17, 15) is 4.79 Å². The third-order valence-corrected chi connectivity index (χ3v) is 2.85. The van der Waals surface area contributed by atoms with Gasteiger partial charge in [0.05, 0.1) is 5.69 Å². The predicted molar refractivity (Wildman–Crippen MR) is 69.3 cm³/mol. The number of amides is 1. The summed E-state index contributed by atoms with van der Waals surface area (Å²) in [6.45, 7) is 3.66. The number of benzene rings is 1. The van der Waals surface area contributed by atoms with Crippen molar-refractivity contribution in [2.45, 2.75) is 17.6 Å². The smallest absolute Gasteiger partial charge is 0.268 e. The van der Waals surface area contributed by atoms with Gasteiger partial charge in [-0.2, -0.15) is 5.26 Å². The molecule has 0 N–H and O–H groups in total. The molecule has 0 fully saturated rings. The number of hydrogen-bond donors (Lipinski definition) is 0. The van der Waals surface area contributed by atoms with E-state index in [1.807, 2.05) is 13.0 Å². The summed E-state index contributed by atoms with van der Waals surface area (Å²) >= 11 is 16.5. The van der Waals surface area contributed by atoms with E-state index in [2.05, 4.69) is 0 Å². The minimum absolute atomic E-state index is 0.420. The summed E-state index contributed by atoms with van der Waals surface area (Å²) in [5.74, 6) is -0.890. The third-order valence-electron chi connectivity index (χ3n) is 2.36. The molecular formula is C11H9Cl3N2O. The van der Waals surface area contributed by atoms with Crippen molar-refractivity contribution in [3.05, 3.63) is 29.3 Å². The molecule has 0 aliphatic heterocycles. The maximum atomic E-state index is 11.8. The van der Waals surface area contributed by atoms with Gasteiger partial charge in [-0.15, -0.1) is 0 Å². The van der Waals surface area contributed by atoms with Crippen LogP contribution >= 0.6 is 34.8 Å². The highest BCUT2D eigenvalue weighted by atomic mass is 35.6. The van der Waals surface area contributed by atoms with E-state index >= 15 is 0 Å². The van der Waals surface area contributed by atoms with Crippen LogP contribution in [0.5, 0.6) is 0 Å². The van der Waals surface area contributed by atoms with Crippen LogP contribution < -0.4 is 4.90 Å². The average Bonchev–Trinajstić information content (AvgIpc) is 2.23. The maximum Gasteiger partial charge on any atom is 0.292 e. The molecule has 0 saturated carbocycles. The normalized spacial score (nSPS) is 10.8. The van der Waals surface area contributed by atoms with E-state index in [0.717, 1.165) is 16.0 Å². The molecule has 1 aromatic rings. The Morgan fingerprint density at radius 1 is 1.35 bits per heavy atom. The quantitative estimate of drug-likeness (QED) is 0.451. The molecule has 3 nitrogen and oxygen atoms in total. The molecule has 0 unspecified atom stereocenters. The topological polar surface area (TPSA) is 44.1 Å². The Kier molecular flexibility index (Phi) is 4.26.